The Labute approximate surface area is 179 Å². The highest BCUT2D eigenvalue weighted by atomic mass is 19.1. The molecule has 1 aliphatic rings. The number of benzene rings is 3. The Morgan fingerprint density at radius 3 is 2.26 bits per heavy atom. The van der Waals surface area contributed by atoms with Gasteiger partial charge in [0.1, 0.15) is 5.82 Å². The van der Waals surface area contributed by atoms with Crippen LogP contribution in [0.3, 0.4) is 0 Å². The van der Waals surface area contributed by atoms with E-state index >= 15 is 0 Å². The third kappa shape index (κ3) is 3.40. The second-order valence-corrected chi connectivity index (χ2v) is 7.64. The summed E-state index contributed by atoms with van der Waals surface area (Å²) in [5.74, 6) is -1.91. The van der Waals surface area contributed by atoms with Gasteiger partial charge in [0, 0.05) is 0 Å². The zero-order valence-corrected chi connectivity index (χ0v) is 17.2. The quantitative estimate of drug-likeness (QED) is 0.503. The number of imide groups is 1. The van der Waals surface area contributed by atoms with Crippen LogP contribution in [0.4, 0.5) is 9.18 Å². The third-order valence-corrected chi connectivity index (χ3v) is 5.73. The van der Waals surface area contributed by atoms with Crippen molar-refractivity contribution in [3.8, 4) is 0 Å². The molecule has 3 amide bonds. The number of hydrogen-bond donors (Lipinski definition) is 1. The van der Waals surface area contributed by atoms with Gasteiger partial charge >= 0.3 is 6.03 Å². The van der Waals surface area contributed by atoms with Crippen molar-refractivity contribution < 1.29 is 18.8 Å². The number of Topliss-reactive ketones (excluding diaryl/α,β-unsaturated/α-hetero) is 1. The molecule has 31 heavy (non-hydrogen) atoms. The van der Waals surface area contributed by atoms with Crippen LogP contribution in [0, 0.1) is 19.7 Å². The fraction of sp³-hybridized carbons (Fsp3) is 0.160. The lowest BCUT2D eigenvalue weighted by Crippen LogP contribution is -2.45. The number of amides is 3. The van der Waals surface area contributed by atoms with E-state index in [0.717, 1.165) is 16.0 Å². The van der Waals surface area contributed by atoms with Crippen LogP contribution in [0.2, 0.25) is 0 Å². The number of nitrogens with one attached hydrogen (secondary N) is 1. The highest BCUT2D eigenvalue weighted by Gasteiger charge is 2.54. The monoisotopic (exact) mass is 416 g/mol. The Morgan fingerprint density at radius 2 is 1.58 bits per heavy atom. The number of hydrogen-bond acceptors (Lipinski definition) is 3. The van der Waals surface area contributed by atoms with Gasteiger partial charge in [0.05, 0.1) is 12.1 Å². The lowest BCUT2D eigenvalue weighted by Gasteiger charge is -2.28. The highest BCUT2D eigenvalue weighted by molar-refractivity contribution is 6.13. The number of urea groups is 1. The maximum Gasteiger partial charge on any atom is 0.325 e. The van der Waals surface area contributed by atoms with Crippen molar-refractivity contribution in [2.45, 2.75) is 19.4 Å². The Morgan fingerprint density at radius 1 is 0.903 bits per heavy atom. The Balaban J connectivity index is 1.78. The van der Waals surface area contributed by atoms with Gasteiger partial charge in [-0.2, -0.15) is 0 Å². The molecular formula is C25H21FN2O3. The summed E-state index contributed by atoms with van der Waals surface area (Å²) in [6.45, 7) is 3.34. The van der Waals surface area contributed by atoms with Crippen LogP contribution in [-0.4, -0.2) is 29.2 Å². The molecule has 0 saturated carbocycles. The number of ketones is 1. The van der Waals surface area contributed by atoms with E-state index in [1.807, 2.05) is 32.0 Å². The minimum Gasteiger partial charge on any atom is -0.315 e. The van der Waals surface area contributed by atoms with Crippen LogP contribution in [0.15, 0.2) is 72.8 Å². The van der Waals surface area contributed by atoms with Gasteiger partial charge in [0.2, 0.25) is 0 Å². The van der Waals surface area contributed by atoms with Crippen molar-refractivity contribution in [2.75, 3.05) is 6.54 Å². The second-order valence-electron chi connectivity index (χ2n) is 7.64. The van der Waals surface area contributed by atoms with Crippen LogP contribution in [0.25, 0.3) is 0 Å². The summed E-state index contributed by atoms with van der Waals surface area (Å²) in [4.78, 5) is 40.1. The number of carbonyl (C=O) groups excluding carboxylic acids is 3. The molecule has 6 heteroatoms. The average molecular weight is 416 g/mol. The molecule has 156 valence electrons. The molecule has 0 unspecified atom stereocenters. The molecule has 5 nitrogen and oxygen atoms in total. The van der Waals surface area contributed by atoms with Gasteiger partial charge in [-0.3, -0.25) is 14.5 Å². The molecule has 1 heterocycles. The van der Waals surface area contributed by atoms with Crippen molar-refractivity contribution in [1.82, 2.24) is 10.2 Å². The van der Waals surface area contributed by atoms with Crippen molar-refractivity contribution in [2.24, 2.45) is 0 Å². The topological polar surface area (TPSA) is 66.5 Å². The molecule has 0 spiro atoms. The summed E-state index contributed by atoms with van der Waals surface area (Å²) in [6.07, 6.45) is 0. The minimum atomic E-state index is -1.47. The van der Waals surface area contributed by atoms with Crippen molar-refractivity contribution in [3.05, 3.63) is 106 Å². The van der Waals surface area contributed by atoms with Crippen LogP contribution in [-0.2, 0) is 10.3 Å². The van der Waals surface area contributed by atoms with Gasteiger partial charge in [-0.1, -0.05) is 60.7 Å². The predicted octanol–water partition coefficient (Wildman–Crippen LogP) is 4.12. The standard InChI is InChI=1S/C25H21FN2O3/c1-16-12-13-19(14-17(16)2)25(18-8-4-3-5-9-18)23(30)28(24(31)27-25)15-22(29)20-10-6-7-11-21(20)26/h3-14H,15H2,1-2H3,(H,27,31)/t25-/m1/s1. The highest BCUT2D eigenvalue weighted by Crippen LogP contribution is 2.37. The largest absolute Gasteiger partial charge is 0.325 e. The number of aryl methyl sites for hydroxylation is 2. The lowest BCUT2D eigenvalue weighted by molar-refractivity contribution is -0.129. The average Bonchev–Trinajstić information content (AvgIpc) is 3.02. The Hall–Kier alpha value is -3.80. The van der Waals surface area contributed by atoms with Gasteiger partial charge in [-0.15, -0.1) is 0 Å². The van der Waals surface area contributed by atoms with Crippen LogP contribution in [0.5, 0.6) is 0 Å². The van der Waals surface area contributed by atoms with E-state index in [0.29, 0.717) is 11.1 Å². The van der Waals surface area contributed by atoms with Crippen LogP contribution in [0.1, 0.15) is 32.6 Å². The third-order valence-electron chi connectivity index (χ3n) is 5.73. The molecule has 1 atom stereocenters. The summed E-state index contributed by atoms with van der Waals surface area (Å²) in [6, 6.07) is 19.3. The van der Waals surface area contributed by atoms with E-state index in [1.54, 1.807) is 30.3 Å². The first-order chi connectivity index (χ1) is 14.8. The Bertz CT molecular complexity index is 1190. The van der Waals surface area contributed by atoms with Gasteiger partial charge in [0.25, 0.3) is 5.91 Å². The first kappa shape index (κ1) is 20.5. The molecule has 3 aromatic rings. The van der Waals surface area contributed by atoms with E-state index in [-0.39, 0.29) is 5.56 Å². The van der Waals surface area contributed by atoms with Crippen molar-refractivity contribution >= 4 is 17.7 Å². The fourth-order valence-corrected chi connectivity index (χ4v) is 3.86. The van der Waals surface area contributed by atoms with Crippen LogP contribution < -0.4 is 5.32 Å². The molecule has 0 bridgehead atoms. The van der Waals surface area contributed by atoms with E-state index in [4.69, 9.17) is 0 Å². The molecule has 1 N–H and O–H groups in total. The van der Waals surface area contributed by atoms with Gasteiger partial charge in [0.15, 0.2) is 11.3 Å². The number of carbonyl (C=O) groups is 3. The first-order valence-electron chi connectivity index (χ1n) is 9.89. The smallest absolute Gasteiger partial charge is 0.315 e. The molecule has 0 aliphatic carbocycles. The second kappa shape index (κ2) is 7.80. The summed E-state index contributed by atoms with van der Waals surface area (Å²) in [7, 11) is 0. The number of rotatable bonds is 5. The molecule has 1 saturated heterocycles. The van der Waals surface area contributed by atoms with E-state index in [9.17, 15) is 18.8 Å². The normalized spacial score (nSPS) is 18.2. The summed E-state index contributed by atoms with van der Waals surface area (Å²) in [5.41, 5.74) is 1.57. The summed E-state index contributed by atoms with van der Waals surface area (Å²) >= 11 is 0. The molecule has 1 fully saturated rings. The molecule has 3 aromatic carbocycles. The van der Waals surface area contributed by atoms with Crippen molar-refractivity contribution in [3.63, 3.8) is 0 Å². The van der Waals surface area contributed by atoms with E-state index in [1.165, 1.54) is 24.3 Å². The SMILES string of the molecule is Cc1ccc([C@@]2(c3ccccc3)NC(=O)N(CC(=O)c3ccccc3F)C2=O)cc1C. The minimum absolute atomic E-state index is 0.161. The molecule has 0 radical (unpaired) electrons. The zero-order valence-electron chi connectivity index (χ0n) is 17.2. The molecule has 0 aromatic heterocycles. The fourth-order valence-electron chi connectivity index (χ4n) is 3.86. The lowest BCUT2D eigenvalue weighted by atomic mass is 9.81. The van der Waals surface area contributed by atoms with Gasteiger partial charge in [-0.25, -0.2) is 9.18 Å². The molecule has 1 aliphatic heterocycles. The number of halogens is 1. The van der Waals surface area contributed by atoms with Gasteiger partial charge in [-0.05, 0) is 48.2 Å². The number of nitrogens with zero attached hydrogens (tertiary/aromatic N) is 1. The van der Waals surface area contributed by atoms with E-state index < -0.39 is 35.6 Å². The molecule has 4 rings (SSSR count). The van der Waals surface area contributed by atoms with Gasteiger partial charge < -0.3 is 5.32 Å². The summed E-state index contributed by atoms with van der Waals surface area (Å²) < 4.78 is 14.0. The van der Waals surface area contributed by atoms with E-state index in [2.05, 4.69) is 5.32 Å². The zero-order chi connectivity index (χ0) is 22.2. The maximum atomic E-state index is 14.0. The summed E-state index contributed by atoms with van der Waals surface area (Å²) in [5, 5.41) is 2.81. The van der Waals surface area contributed by atoms with Crippen molar-refractivity contribution in [1.29, 1.82) is 0 Å². The predicted molar refractivity (Wildman–Crippen MR) is 114 cm³/mol. The maximum absolute atomic E-state index is 14.0. The van der Waals surface area contributed by atoms with Crippen LogP contribution >= 0.6 is 0 Å². The Kier molecular flexibility index (Phi) is 5.15. The first-order valence-corrected chi connectivity index (χ1v) is 9.89. The molecular weight excluding hydrogens is 395 g/mol.